The molecule has 0 spiro atoms. The highest BCUT2D eigenvalue weighted by Gasteiger charge is 2.14. The number of para-hydroxylation sites is 1. The fraction of sp³-hybridized carbons (Fsp3) is 0.300. The van der Waals surface area contributed by atoms with E-state index in [-0.39, 0.29) is 12.5 Å². The van der Waals surface area contributed by atoms with Crippen molar-refractivity contribution >= 4 is 50.5 Å². The number of halogens is 1. The van der Waals surface area contributed by atoms with Crippen molar-refractivity contribution in [3.63, 3.8) is 0 Å². The summed E-state index contributed by atoms with van der Waals surface area (Å²) in [5, 5.41) is 6.75. The normalized spacial score (nSPS) is 10.3. The average molecular weight is 434 g/mol. The Hall–Kier alpha value is -1.92. The number of nitrogens with zero attached hydrogens (tertiary/aromatic N) is 1. The van der Waals surface area contributed by atoms with E-state index >= 15 is 0 Å². The molecule has 6 heteroatoms. The molecule has 26 heavy (non-hydrogen) atoms. The first-order valence-corrected chi connectivity index (χ1v) is 9.70. The lowest BCUT2D eigenvalue weighted by molar-refractivity contribution is -0.116. The van der Waals surface area contributed by atoms with E-state index in [9.17, 15) is 4.79 Å². The van der Waals surface area contributed by atoms with Gasteiger partial charge in [0.25, 0.3) is 0 Å². The molecule has 2 aromatic rings. The van der Waals surface area contributed by atoms with Crippen LogP contribution in [0.1, 0.15) is 23.6 Å². The van der Waals surface area contributed by atoms with Crippen LogP contribution in [0, 0.1) is 20.8 Å². The third-order valence-electron chi connectivity index (χ3n) is 4.16. The maximum atomic E-state index is 12.5. The number of amides is 1. The summed E-state index contributed by atoms with van der Waals surface area (Å²) in [6.45, 7) is 8.82. The summed E-state index contributed by atoms with van der Waals surface area (Å²) in [7, 11) is 0. The van der Waals surface area contributed by atoms with Crippen molar-refractivity contribution in [3.05, 3.63) is 57.6 Å². The number of hydrogen-bond donors (Lipinski definition) is 2. The number of carbonyl (C=O) groups excluding carboxylic acids is 1. The smallest absolute Gasteiger partial charge is 0.243 e. The number of anilines is 2. The van der Waals surface area contributed by atoms with Crippen LogP contribution in [0.5, 0.6) is 0 Å². The van der Waals surface area contributed by atoms with Crippen LogP contribution < -0.4 is 10.6 Å². The maximum Gasteiger partial charge on any atom is 0.243 e. The minimum absolute atomic E-state index is 0.0830. The Labute approximate surface area is 169 Å². The maximum absolute atomic E-state index is 12.5. The SMILES string of the molecule is CCN(CC(=O)Nc1c(C)cccc1C)C(=S)Nc1ccc(Br)c(C)c1. The molecule has 0 aliphatic heterocycles. The fourth-order valence-corrected chi connectivity index (χ4v) is 3.17. The third-order valence-corrected chi connectivity index (χ3v) is 5.41. The number of rotatable bonds is 5. The van der Waals surface area contributed by atoms with Crippen LogP contribution in [-0.2, 0) is 4.79 Å². The van der Waals surface area contributed by atoms with Crippen molar-refractivity contribution < 1.29 is 4.79 Å². The lowest BCUT2D eigenvalue weighted by Crippen LogP contribution is -2.40. The number of hydrogen-bond acceptors (Lipinski definition) is 2. The van der Waals surface area contributed by atoms with Gasteiger partial charge < -0.3 is 15.5 Å². The summed E-state index contributed by atoms with van der Waals surface area (Å²) >= 11 is 8.98. The molecule has 0 fully saturated rings. The molecule has 0 bridgehead atoms. The minimum Gasteiger partial charge on any atom is -0.340 e. The van der Waals surface area contributed by atoms with Gasteiger partial charge in [0, 0.05) is 22.4 Å². The van der Waals surface area contributed by atoms with Crippen LogP contribution in [0.2, 0.25) is 0 Å². The van der Waals surface area contributed by atoms with E-state index < -0.39 is 0 Å². The van der Waals surface area contributed by atoms with Crippen molar-refractivity contribution in [1.29, 1.82) is 0 Å². The molecule has 0 saturated heterocycles. The number of thiocarbonyl (C=S) groups is 1. The zero-order valence-electron chi connectivity index (χ0n) is 15.5. The quantitative estimate of drug-likeness (QED) is 0.648. The first-order chi connectivity index (χ1) is 12.3. The molecule has 1 amide bonds. The summed E-state index contributed by atoms with van der Waals surface area (Å²) in [5.74, 6) is -0.0830. The summed E-state index contributed by atoms with van der Waals surface area (Å²) in [6, 6.07) is 11.9. The summed E-state index contributed by atoms with van der Waals surface area (Å²) in [4.78, 5) is 14.3. The third kappa shape index (κ3) is 5.29. The monoisotopic (exact) mass is 433 g/mol. The molecular weight excluding hydrogens is 410 g/mol. The molecule has 0 aromatic heterocycles. The minimum atomic E-state index is -0.0830. The average Bonchev–Trinajstić information content (AvgIpc) is 2.59. The largest absolute Gasteiger partial charge is 0.340 e. The Morgan fingerprint density at radius 3 is 2.31 bits per heavy atom. The molecule has 2 rings (SSSR count). The Morgan fingerprint density at radius 1 is 1.08 bits per heavy atom. The van der Waals surface area contributed by atoms with E-state index in [0.29, 0.717) is 11.7 Å². The van der Waals surface area contributed by atoms with E-state index in [4.69, 9.17) is 12.2 Å². The molecular formula is C20H24BrN3OS. The Bertz CT molecular complexity index is 802. The van der Waals surface area contributed by atoms with Crippen LogP contribution in [0.25, 0.3) is 0 Å². The number of carbonyl (C=O) groups is 1. The van der Waals surface area contributed by atoms with Crippen LogP contribution in [0.3, 0.4) is 0 Å². The summed E-state index contributed by atoms with van der Waals surface area (Å²) in [5.41, 5.74) is 4.99. The highest BCUT2D eigenvalue weighted by molar-refractivity contribution is 9.10. The van der Waals surface area contributed by atoms with Gasteiger partial charge in [0.1, 0.15) is 0 Å². The van der Waals surface area contributed by atoms with E-state index in [1.165, 1.54) is 0 Å². The van der Waals surface area contributed by atoms with Gasteiger partial charge in [0.2, 0.25) is 5.91 Å². The molecule has 138 valence electrons. The van der Waals surface area contributed by atoms with Gasteiger partial charge >= 0.3 is 0 Å². The highest BCUT2D eigenvalue weighted by atomic mass is 79.9. The van der Waals surface area contributed by atoms with Gasteiger partial charge in [-0.25, -0.2) is 0 Å². The molecule has 0 unspecified atom stereocenters. The van der Waals surface area contributed by atoms with Crippen LogP contribution in [0.15, 0.2) is 40.9 Å². The van der Waals surface area contributed by atoms with Gasteiger partial charge in [0.15, 0.2) is 5.11 Å². The molecule has 0 aliphatic carbocycles. The van der Waals surface area contributed by atoms with E-state index in [0.717, 1.165) is 32.5 Å². The van der Waals surface area contributed by atoms with Crippen molar-refractivity contribution in [3.8, 4) is 0 Å². The number of aryl methyl sites for hydroxylation is 3. The van der Waals surface area contributed by atoms with Crippen molar-refractivity contribution in [2.45, 2.75) is 27.7 Å². The second-order valence-corrected chi connectivity index (χ2v) is 7.46. The topological polar surface area (TPSA) is 44.4 Å². The second kappa shape index (κ2) is 9.14. The van der Waals surface area contributed by atoms with Crippen molar-refractivity contribution in [2.75, 3.05) is 23.7 Å². The van der Waals surface area contributed by atoms with Crippen molar-refractivity contribution in [2.24, 2.45) is 0 Å². The molecule has 0 saturated carbocycles. The fourth-order valence-electron chi connectivity index (χ4n) is 2.62. The molecule has 0 atom stereocenters. The zero-order chi connectivity index (χ0) is 19.3. The Balaban J connectivity index is 2.02. The number of nitrogens with one attached hydrogen (secondary N) is 2. The van der Waals surface area contributed by atoms with Crippen LogP contribution >= 0.6 is 28.1 Å². The van der Waals surface area contributed by atoms with Crippen molar-refractivity contribution in [1.82, 2.24) is 4.90 Å². The van der Waals surface area contributed by atoms with Gasteiger partial charge in [-0.3, -0.25) is 4.79 Å². The van der Waals surface area contributed by atoms with Gasteiger partial charge in [-0.05, 0) is 74.8 Å². The zero-order valence-corrected chi connectivity index (χ0v) is 17.9. The summed E-state index contributed by atoms with van der Waals surface area (Å²) < 4.78 is 1.05. The first kappa shape index (κ1) is 20.4. The van der Waals surface area contributed by atoms with E-state index in [1.807, 2.05) is 69.0 Å². The number of likely N-dealkylation sites (N-methyl/N-ethyl adjacent to an activating group) is 1. The summed E-state index contributed by atoms with van der Waals surface area (Å²) in [6.07, 6.45) is 0. The second-order valence-electron chi connectivity index (χ2n) is 6.22. The van der Waals surface area contributed by atoms with E-state index in [2.05, 4.69) is 26.6 Å². The van der Waals surface area contributed by atoms with E-state index in [1.54, 1.807) is 0 Å². The highest BCUT2D eigenvalue weighted by Crippen LogP contribution is 2.21. The first-order valence-electron chi connectivity index (χ1n) is 8.50. The van der Waals surface area contributed by atoms with Gasteiger partial charge in [-0.2, -0.15) is 0 Å². The molecule has 0 radical (unpaired) electrons. The molecule has 2 N–H and O–H groups in total. The van der Waals surface area contributed by atoms with Gasteiger partial charge in [0.05, 0.1) is 6.54 Å². The lowest BCUT2D eigenvalue weighted by Gasteiger charge is -2.24. The van der Waals surface area contributed by atoms with Crippen LogP contribution in [-0.4, -0.2) is 29.0 Å². The standard InChI is InChI=1S/C20H24BrN3OS/c1-5-24(20(26)22-16-9-10-17(21)15(4)11-16)12-18(25)23-19-13(2)7-6-8-14(19)3/h6-11H,5,12H2,1-4H3,(H,22,26)(H,23,25). The molecule has 0 heterocycles. The van der Waals surface area contributed by atoms with Gasteiger partial charge in [-0.1, -0.05) is 34.1 Å². The molecule has 4 nitrogen and oxygen atoms in total. The predicted octanol–water partition coefficient (Wildman–Crippen LogP) is 5.03. The molecule has 0 aliphatic rings. The van der Waals surface area contributed by atoms with Gasteiger partial charge in [-0.15, -0.1) is 0 Å². The Morgan fingerprint density at radius 2 is 1.73 bits per heavy atom. The lowest BCUT2D eigenvalue weighted by atomic mass is 10.1. The van der Waals surface area contributed by atoms with Crippen LogP contribution in [0.4, 0.5) is 11.4 Å². The molecule has 2 aromatic carbocycles. The number of benzene rings is 2. The Kier molecular flexibility index (Phi) is 7.17. The predicted molar refractivity (Wildman–Crippen MR) is 117 cm³/mol.